The van der Waals surface area contributed by atoms with Crippen molar-refractivity contribution in [1.29, 1.82) is 0 Å². The maximum atomic E-state index is 12.4. The molecule has 7 heteroatoms. The molecule has 4 rings (SSSR count). The maximum absolute atomic E-state index is 12.4. The number of amides is 1. The number of anilines is 1. The smallest absolute Gasteiger partial charge is 0.244 e. The van der Waals surface area contributed by atoms with Gasteiger partial charge in [-0.3, -0.25) is 4.79 Å². The predicted molar refractivity (Wildman–Crippen MR) is 133 cm³/mol. The van der Waals surface area contributed by atoms with Gasteiger partial charge in [-0.2, -0.15) is 0 Å². The third-order valence-electron chi connectivity index (χ3n) is 5.64. The molecule has 1 saturated heterocycles. The second-order valence-corrected chi connectivity index (χ2v) is 9.08. The lowest BCUT2D eigenvalue weighted by molar-refractivity contribution is -0.117. The third kappa shape index (κ3) is 6.58. The number of aryl methyl sites for hydroxylation is 1. The van der Waals surface area contributed by atoms with Crippen LogP contribution in [0.1, 0.15) is 29.1 Å². The SMILES string of the molecule is COc1ccc(N2CCC(NC(=O)/C=C/c3ccc(OCc4csc(C)n4)cc3)CC2)cc1. The van der Waals surface area contributed by atoms with Gasteiger partial charge in [0.2, 0.25) is 5.91 Å². The predicted octanol–water partition coefficient (Wildman–Crippen LogP) is 4.84. The van der Waals surface area contributed by atoms with Crippen molar-refractivity contribution in [3.05, 3.63) is 76.3 Å². The highest BCUT2D eigenvalue weighted by Gasteiger charge is 2.20. The first-order valence-corrected chi connectivity index (χ1v) is 12.0. The summed E-state index contributed by atoms with van der Waals surface area (Å²) in [4.78, 5) is 19.1. The number of carbonyl (C=O) groups is 1. The van der Waals surface area contributed by atoms with Gasteiger partial charge >= 0.3 is 0 Å². The summed E-state index contributed by atoms with van der Waals surface area (Å²) >= 11 is 1.62. The van der Waals surface area contributed by atoms with E-state index in [1.165, 1.54) is 5.69 Å². The van der Waals surface area contributed by atoms with Crippen LogP contribution in [0.5, 0.6) is 11.5 Å². The van der Waals surface area contributed by atoms with Crippen LogP contribution in [0.2, 0.25) is 0 Å². The van der Waals surface area contributed by atoms with Crippen LogP contribution < -0.4 is 19.7 Å². The highest BCUT2D eigenvalue weighted by atomic mass is 32.1. The lowest BCUT2D eigenvalue weighted by atomic mass is 10.0. The number of aromatic nitrogens is 1. The molecule has 6 nitrogen and oxygen atoms in total. The summed E-state index contributed by atoms with van der Waals surface area (Å²) in [5, 5.41) is 6.17. The van der Waals surface area contributed by atoms with E-state index in [4.69, 9.17) is 9.47 Å². The first-order chi connectivity index (χ1) is 16.1. The van der Waals surface area contributed by atoms with Crippen LogP contribution in [0.15, 0.2) is 60.0 Å². The Morgan fingerprint density at radius 1 is 1.12 bits per heavy atom. The Bertz CT molecular complexity index is 1070. The average Bonchev–Trinajstić information content (AvgIpc) is 3.27. The van der Waals surface area contributed by atoms with Crippen LogP contribution in [0.4, 0.5) is 5.69 Å². The molecule has 2 heterocycles. The van der Waals surface area contributed by atoms with Gasteiger partial charge < -0.3 is 19.7 Å². The summed E-state index contributed by atoms with van der Waals surface area (Å²) in [5.74, 6) is 1.59. The minimum absolute atomic E-state index is 0.0582. The van der Waals surface area contributed by atoms with Crippen molar-refractivity contribution in [2.75, 3.05) is 25.1 Å². The zero-order valence-corrected chi connectivity index (χ0v) is 19.8. The van der Waals surface area contributed by atoms with Gasteiger partial charge in [0.05, 0.1) is 17.8 Å². The number of carbonyl (C=O) groups excluding carboxylic acids is 1. The van der Waals surface area contributed by atoms with Crippen molar-refractivity contribution in [2.24, 2.45) is 0 Å². The van der Waals surface area contributed by atoms with Gasteiger partial charge in [0, 0.05) is 36.3 Å². The molecule has 1 aliphatic heterocycles. The summed E-state index contributed by atoms with van der Waals surface area (Å²) in [5.41, 5.74) is 3.08. The topological polar surface area (TPSA) is 63.7 Å². The molecule has 0 unspecified atom stereocenters. The highest BCUT2D eigenvalue weighted by Crippen LogP contribution is 2.23. The van der Waals surface area contributed by atoms with E-state index in [1.807, 2.05) is 54.8 Å². The number of thiazole rings is 1. The second kappa shape index (κ2) is 11.0. The number of methoxy groups -OCH3 is 1. The largest absolute Gasteiger partial charge is 0.497 e. The second-order valence-electron chi connectivity index (χ2n) is 8.02. The van der Waals surface area contributed by atoms with Crippen molar-refractivity contribution in [2.45, 2.75) is 32.4 Å². The Hall–Kier alpha value is -3.32. The first-order valence-electron chi connectivity index (χ1n) is 11.1. The Balaban J connectivity index is 1.20. The Morgan fingerprint density at radius 3 is 2.45 bits per heavy atom. The van der Waals surface area contributed by atoms with Gasteiger partial charge in [-0.05, 0) is 67.8 Å². The van der Waals surface area contributed by atoms with Crippen LogP contribution >= 0.6 is 11.3 Å². The van der Waals surface area contributed by atoms with Gasteiger partial charge in [0.15, 0.2) is 0 Å². The van der Waals surface area contributed by atoms with E-state index in [0.717, 1.165) is 53.7 Å². The number of nitrogens with one attached hydrogen (secondary N) is 1. The molecular formula is C26H29N3O3S. The standard InChI is InChI=1S/C26H29N3O3S/c1-19-27-22(18-33-19)17-32-25-8-3-20(4-9-25)5-12-26(30)28-21-13-15-29(16-14-21)23-6-10-24(31-2)11-7-23/h3-12,18,21H,13-17H2,1-2H3,(H,28,30)/b12-5+. The molecule has 0 spiro atoms. The van der Waals surface area contributed by atoms with E-state index in [2.05, 4.69) is 27.3 Å². The molecule has 1 amide bonds. The number of benzene rings is 2. The lowest BCUT2D eigenvalue weighted by Gasteiger charge is -2.33. The number of rotatable bonds is 8. The quantitative estimate of drug-likeness (QED) is 0.485. The highest BCUT2D eigenvalue weighted by molar-refractivity contribution is 7.09. The van der Waals surface area contributed by atoms with E-state index < -0.39 is 0 Å². The summed E-state index contributed by atoms with van der Waals surface area (Å²) in [6.07, 6.45) is 5.28. The molecule has 172 valence electrons. The van der Waals surface area contributed by atoms with Gasteiger partial charge in [-0.25, -0.2) is 4.98 Å². The fourth-order valence-electron chi connectivity index (χ4n) is 3.80. The van der Waals surface area contributed by atoms with E-state index in [1.54, 1.807) is 24.5 Å². The molecule has 0 aliphatic carbocycles. The average molecular weight is 464 g/mol. The monoisotopic (exact) mass is 463 g/mol. The molecule has 0 saturated carbocycles. The fraction of sp³-hybridized carbons (Fsp3) is 0.308. The summed E-state index contributed by atoms with van der Waals surface area (Å²) in [6, 6.07) is 16.0. The zero-order chi connectivity index (χ0) is 23.0. The Labute approximate surface area is 198 Å². The maximum Gasteiger partial charge on any atom is 0.244 e. The van der Waals surface area contributed by atoms with Gasteiger partial charge in [0.1, 0.15) is 18.1 Å². The summed E-state index contributed by atoms with van der Waals surface area (Å²) in [7, 11) is 1.67. The van der Waals surface area contributed by atoms with Crippen molar-refractivity contribution in [3.63, 3.8) is 0 Å². The van der Waals surface area contributed by atoms with Crippen LogP contribution in [0.3, 0.4) is 0 Å². The van der Waals surface area contributed by atoms with Crippen molar-refractivity contribution < 1.29 is 14.3 Å². The number of hydrogen-bond donors (Lipinski definition) is 1. The van der Waals surface area contributed by atoms with Gasteiger partial charge in [0.25, 0.3) is 0 Å². The van der Waals surface area contributed by atoms with E-state index in [-0.39, 0.29) is 11.9 Å². The molecule has 1 aromatic heterocycles. The molecule has 1 fully saturated rings. The van der Waals surface area contributed by atoms with Crippen molar-refractivity contribution >= 4 is 29.0 Å². The third-order valence-corrected chi connectivity index (χ3v) is 6.46. The van der Waals surface area contributed by atoms with Crippen molar-refractivity contribution in [3.8, 4) is 11.5 Å². The molecule has 3 aromatic rings. The normalized spacial score (nSPS) is 14.4. The molecule has 0 atom stereocenters. The number of piperidine rings is 1. The van der Waals surface area contributed by atoms with Crippen LogP contribution in [0.25, 0.3) is 6.08 Å². The van der Waals surface area contributed by atoms with Crippen LogP contribution in [0, 0.1) is 6.92 Å². The number of hydrogen-bond acceptors (Lipinski definition) is 6. The summed E-state index contributed by atoms with van der Waals surface area (Å²) < 4.78 is 11.0. The molecule has 2 aromatic carbocycles. The van der Waals surface area contributed by atoms with E-state index in [9.17, 15) is 4.79 Å². The Kier molecular flexibility index (Phi) is 7.62. The minimum atomic E-state index is -0.0582. The van der Waals surface area contributed by atoms with Gasteiger partial charge in [-0.15, -0.1) is 11.3 Å². The first kappa shape index (κ1) is 22.9. The Morgan fingerprint density at radius 2 is 1.82 bits per heavy atom. The molecule has 1 N–H and O–H groups in total. The number of nitrogens with zero attached hydrogens (tertiary/aromatic N) is 2. The minimum Gasteiger partial charge on any atom is -0.497 e. The molecule has 33 heavy (non-hydrogen) atoms. The fourth-order valence-corrected chi connectivity index (χ4v) is 4.40. The molecule has 0 bridgehead atoms. The zero-order valence-electron chi connectivity index (χ0n) is 19.0. The van der Waals surface area contributed by atoms with Gasteiger partial charge in [-0.1, -0.05) is 12.1 Å². The van der Waals surface area contributed by atoms with Crippen molar-refractivity contribution in [1.82, 2.24) is 10.3 Å². The van der Waals surface area contributed by atoms with Crippen LogP contribution in [-0.2, 0) is 11.4 Å². The van der Waals surface area contributed by atoms with E-state index in [0.29, 0.717) is 6.61 Å². The number of ether oxygens (including phenoxy) is 2. The summed E-state index contributed by atoms with van der Waals surface area (Å²) in [6.45, 7) is 4.28. The lowest BCUT2D eigenvalue weighted by Crippen LogP contribution is -2.44. The molecule has 0 radical (unpaired) electrons. The molecule has 1 aliphatic rings. The molecular weight excluding hydrogens is 434 g/mol. The van der Waals surface area contributed by atoms with Crippen LogP contribution in [-0.4, -0.2) is 37.1 Å². The van der Waals surface area contributed by atoms with E-state index >= 15 is 0 Å².